The Bertz CT molecular complexity index is 788. The first-order chi connectivity index (χ1) is 11.0. The Kier molecular flexibility index (Phi) is 3.86. The summed E-state index contributed by atoms with van der Waals surface area (Å²) < 4.78 is 13.7. The second-order valence-electron chi connectivity index (χ2n) is 5.74. The molecule has 1 fully saturated rings. The van der Waals surface area contributed by atoms with Crippen LogP contribution in [0.25, 0.3) is 0 Å². The number of para-hydroxylation sites is 1. The van der Waals surface area contributed by atoms with Gasteiger partial charge in [-0.05, 0) is 43.2 Å². The second-order valence-corrected chi connectivity index (χ2v) is 5.74. The monoisotopic (exact) mass is 312 g/mol. The summed E-state index contributed by atoms with van der Waals surface area (Å²) in [6.07, 6.45) is 0.0144. The van der Waals surface area contributed by atoms with Crippen molar-refractivity contribution in [1.82, 2.24) is 0 Å². The molecule has 2 aromatic carbocycles. The summed E-state index contributed by atoms with van der Waals surface area (Å²) in [5, 5.41) is 2.84. The van der Waals surface area contributed by atoms with Gasteiger partial charge in [-0.15, -0.1) is 0 Å². The maximum atomic E-state index is 13.7. The predicted octanol–water partition coefficient (Wildman–Crippen LogP) is 3.19. The first kappa shape index (κ1) is 15.2. The second kappa shape index (κ2) is 5.83. The fraction of sp³-hybridized carbons (Fsp3) is 0.222. The Labute approximate surface area is 133 Å². The number of rotatable bonds is 3. The van der Waals surface area contributed by atoms with Crippen molar-refractivity contribution in [2.24, 2.45) is 0 Å². The fourth-order valence-electron chi connectivity index (χ4n) is 2.72. The van der Waals surface area contributed by atoms with Gasteiger partial charge < -0.3 is 5.32 Å². The molecule has 1 heterocycles. The Balaban J connectivity index is 1.88. The van der Waals surface area contributed by atoms with Crippen molar-refractivity contribution >= 4 is 23.2 Å². The summed E-state index contributed by atoms with van der Waals surface area (Å²) in [6.45, 7) is 3.76. The minimum Gasteiger partial charge on any atom is -0.371 e. The number of nitrogens with zero attached hydrogens (tertiary/aromatic N) is 1. The molecule has 2 amide bonds. The van der Waals surface area contributed by atoms with Gasteiger partial charge in [0.05, 0.1) is 17.8 Å². The highest BCUT2D eigenvalue weighted by molar-refractivity contribution is 6.23. The number of nitrogens with one attached hydrogen (secondary N) is 1. The lowest BCUT2D eigenvalue weighted by Gasteiger charge is -2.18. The highest BCUT2D eigenvalue weighted by Gasteiger charge is 2.40. The van der Waals surface area contributed by atoms with Crippen molar-refractivity contribution < 1.29 is 14.0 Å². The molecular formula is C18H17FN2O2. The molecule has 0 unspecified atom stereocenters. The average molecular weight is 312 g/mol. The molecule has 118 valence electrons. The van der Waals surface area contributed by atoms with Crippen molar-refractivity contribution in [3.63, 3.8) is 0 Å². The summed E-state index contributed by atoms with van der Waals surface area (Å²) in [5.74, 6) is -1.08. The van der Waals surface area contributed by atoms with Gasteiger partial charge >= 0.3 is 0 Å². The average Bonchev–Trinajstić information content (AvgIpc) is 2.79. The van der Waals surface area contributed by atoms with Crippen LogP contribution < -0.4 is 10.2 Å². The van der Waals surface area contributed by atoms with Gasteiger partial charge in [0.1, 0.15) is 11.9 Å². The van der Waals surface area contributed by atoms with Crippen molar-refractivity contribution in [2.45, 2.75) is 26.3 Å². The molecule has 0 aliphatic carbocycles. The number of amides is 2. The third-order valence-electron chi connectivity index (χ3n) is 3.96. The molecule has 0 aromatic heterocycles. The molecule has 0 bridgehead atoms. The van der Waals surface area contributed by atoms with E-state index in [4.69, 9.17) is 0 Å². The highest BCUT2D eigenvalue weighted by Crippen LogP contribution is 2.29. The van der Waals surface area contributed by atoms with Gasteiger partial charge in [0.2, 0.25) is 5.91 Å². The minimum absolute atomic E-state index is 0.0144. The predicted molar refractivity (Wildman–Crippen MR) is 86.8 cm³/mol. The number of benzene rings is 2. The number of hydrogen-bond donors (Lipinski definition) is 1. The van der Waals surface area contributed by atoms with Crippen LogP contribution in [-0.2, 0) is 9.59 Å². The van der Waals surface area contributed by atoms with Gasteiger partial charge in [-0.1, -0.05) is 24.3 Å². The molecule has 1 aliphatic heterocycles. The third kappa shape index (κ3) is 2.82. The van der Waals surface area contributed by atoms with Crippen molar-refractivity contribution in [3.8, 4) is 0 Å². The Morgan fingerprint density at radius 1 is 1.13 bits per heavy atom. The molecule has 1 aliphatic rings. The maximum Gasteiger partial charge on any atom is 0.256 e. The molecule has 2 aromatic rings. The quantitative estimate of drug-likeness (QED) is 0.886. The van der Waals surface area contributed by atoms with Crippen LogP contribution in [0, 0.1) is 19.7 Å². The van der Waals surface area contributed by atoms with Gasteiger partial charge in [0.15, 0.2) is 0 Å². The molecule has 0 radical (unpaired) electrons. The molecule has 1 atom stereocenters. The van der Waals surface area contributed by atoms with Crippen LogP contribution in [0.15, 0.2) is 42.5 Å². The maximum absolute atomic E-state index is 13.7. The van der Waals surface area contributed by atoms with E-state index < -0.39 is 11.9 Å². The number of anilines is 2. The first-order valence-corrected chi connectivity index (χ1v) is 7.42. The summed E-state index contributed by atoms with van der Waals surface area (Å²) in [7, 11) is 0. The Morgan fingerprint density at radius 2 is 1.87 bits per heavy atom. The Hall–Kier alpha value is -2.69. The van der Waals surface area contributed by atoms with Crippen molar-refractivity contribution in [3.05, 3.63) is 59.4 Å². The van der Waals surface area contributed by atoms with Crippen LogP contribution in [0.3, 0.4) is 0 Å². The van der Waals surface area contributed by atoms with Crippen LogP contribution in [0.1, 0.15) is 17.5 Å². The van der Waals surface area contributed by atoms with Gasteiger partial charge in [-0.3, -0.25) is 9.59 Å². The zero-order valence-electron chi connectivity index (χ0n) is 13.0. The van der Waals surface area contributed by atoms with Crippen LogP contribution in [-0.4, -0.2) is 17.9 Å². The lowest BCUT2D eigenvalue weighted by Crippen LogP contribution is -2.35. The van der Waals surface area contributed by atoms with Gasteiger partial charge in [-0.25, -0.2) is 9.29 Å². The molecular weight excluding hydrogens is 295 g/mol. The number of carbonyl (C=O) groups excluding carboxylic acids is 2. The van der Waals surface area contributed by atoms with Crippen LogP contribution in [0.5, 0.6) is 0 Å². The first-order valence-electron chi connectivity index (χ1n) is 7.42. The van der Waals surface area contributed by atoms with E-state index in [9.17, 15) is 14.0 Å². The van der Waals surface area contributed by atoms with E-state index in [2.05, 4.69) is 5.32 Å². The SMILES string of the molecule is Cc1ccc(C)c(N2C(=O)C[C@@H](Nc3ccccc3F)C2=O)c1. The number of hydrogen-bond acceptors (Lipinski definition) is 3. The zero-order chi connectivity index (χ0) is 16.6. The van der Waals surface area contributed by atoms with Crippen molar-refractivity contribution in [1.29, 1.82) is 0 Å². The van der Waals surface area contributed by atoms with Gasteiger partial charge in [0.25, 0.3) is 5.91 Å². The number of aryl methyl sites for hydroxylation is 2. The molecule has 5 heteroatoms. The standard InChI is InChI=1S/C18H17FN2O2/c1-11-7-8-12(2)16(9-11)21-17(22)10-15(18(21)23)20-14-6-4-3-5-13(14)19/h3-9,15,20H,10H2,1-2H3/t15-/m1/s1. The van der Waals surface area contributed by atoms with E-state index in [1.807, 2.05) is 32.0 Å². The lowest BCUT2D eigenvalue weighted by molar-refractivity contribution is -0.121. The van der Waals surface area contributed by atoms with E-state index in [1.165, 1.54) is 11.0 Å². The van der Waals surface area contributed by atoms with Crippen molar-refractivity contribution in [2.75, 3.05) is 10.2 Å². The van der Waals surface area contributed by atoms with E-state index in [-0.39, 0.29) is 23.9 Å². The Morgan fingerprint density at radius 3 is 2.61 bits per heavy atom. The van der Waals surface area contributed by atoms with E-state index in [1.54, 1.807) is 18.2 Å². The van der Waals surface area contributed by atoms with Crippen LogP contribution >= 0.6 is 0 Å². The number of halogens is 1. The van der Waals surface area contributed by atoms with Gasteiger partial charge in [-0.2, -0.15) is 0 Å². The summed E-state index contributed by atoms with van der Waals surface area (Å²) in [6, 6.07) is 11.0. The topological polar surface area (TPSA) is 49.4 Å². The van der Waals surface area contributed by atoms with E-state index in [0.29, 0.717) is 5.69 Å². The third-order valence-corrected chi connectivity index (χ3v) is 3.96. The summed E-state index contributed by atoms with van der Waals surface area (Å²) >= 11 is 0. The summed E-state index contributed by atoms with van der Waals surface area (Å²) in [4.78, 5) is 26.1. The molecule has 0 spiro atoms. The number of carbonyl (C=O) groups is 2. The molecule has 23 heavy (non-hydrogen) atoms. The zero-order valence-corrected chi connectivity index (χ0v) is 13.0. The van der Waals surface area contributed by atoms with Crippen LogP contribution in [0.2, 0.25) is 0 Å². The molecule has 4 nitrogen and oxygen atoms in total. The fourth-order valence-corrected chi connectivity index (χ4v) is 2.72. The smallest absolute Gasteiger partial charge is 0.256 e. The molecule has 3 rings (SSSR count). The minimum atomic E-state index is -0.751. The van der Waals surface area contributed by atoms with E-state index >= 15 is 0 Å². The van der Waals surface area contributed by atoms with Crippen LogP contribution in [0.4, 0.5) is 15.8 Å². The molecule has 1 saturated heterocycles. The highest BCUT2D eigenvalue weighted by atomic mass is 19.1. The number of imide groups is 1. The normalized spacial score (nSPS) is 17.7. The molecule has 0 saturated carbocycles. The van der Waals surface area contributed by atoms with E-state index in [0.717, 1.165) is 11.1 Å². The summed E-state index contributed by atoms with van der Waals surface area (Å²) in [5.41, 5.74) is 2.64. The van der Waals surface area contributed by atoms with Gasteiger partial charge in [0, 0.05) is 0 Å². The lowest BCUT2D eigenvalue weighted by atomic mass is 10.1. The molecule has 1 N–H and O–H groups in total. The largest absolute Gasteiger partial charge is 0.371 e.